The molecule has 3 aromatic heterocycles. The van der Waals surface area contributed by atoms with Gasteiger partial charge in [-0.3, -0.25) is 9.59 Å². The van der Waals surface area contributed by atoms with Crippen LogP contribution in [0.15, 0.2) is 47.3 Å². The quantitative estimate of drug-likeness (QED) is 0.648. The molecule has 0 aromatic carbocycles. The highest BCUT2D eigenvalue weighted by atomic mass is 35.5. The van der Waals surface area contributed by atoms with Crippen LogP contribution in [-0.4, -0.2) is 47.9 Å². The molecule has 1 saturated heterocycles. The first-order chi connectivity index (χ1) is 14.1. The Bertz CT molecular complexity index is 998. The van der Waals surface area contributed by atoms with Gasteiger partial charge in [0, 0.05) is 37.3 Å². The fourth-order valence-electron chi connectivity index (χ4n) is 3.21. The van der Waals surface area contributed by atoms with E-state index in [1.54, 1.807) is 40.6 Å². The summed E-state index contributed by atoms with van der Waals surface area (Å²) >= 11 is 9.07. The molecule has 0 unspecified atom stereocenters. The zero-order chi connectivity index (χ0) is 20.2. The summed E-state index contributed by atoms with van der Waals surface area (Å²) in [6.45, 7) is 2.82. The van der Waals surface area contributed by atoms with Crippen molar-refractivity contribution in [1.82, 2.24) is 15.2 Å². The summed E-state index contributed by atoms with van der Waals surface area (Å²) in [4.78, 5) is 35.3. The van der Waals surface area contributed by atoms with Crippen LogP contribution in [0, 0.1) is 0 Å². The molecule has 0 aliphatic carbocycles. The maximum Gasteiger partial charge on any atom is 0.265 e. The number of hydrogen-bond acceptors (Lipinski definition) is 6. The number of nitrogens with one attached hydrogen (secondary N) is 1. The molecule has 0 radical (unpaired) electrons. The number of carbonyl (C=O) groups is 2. The minimum Gasteiger partial charge on any atom is -0.352 e. The van der Waals surface area contributed by atoms with E-state index in [0.29, 0.717) is 54.0 Å². The number of nitrogens with zero attached hydrogens (tertiary/aromatic N) is 3. The van der Waals surface area contributed by atoms with E-state index in [4.69, 9.17) is 11.6 Å². The van der Waals surface area contributed by atoms with Crippen molar-refractivity contribution in [3.8, 4) is 0 Å². The molecule has 0 atom stereocenters. The summed E-state index contributed by atoms with van der Waals surface area (Å²) < 4.78 is 0. The number of pyridine rings is 1. The number of carbonyl (C=O) groups excluding carboxylic acids is 2. The van der Waals surface area contributed by atoms with Crippen molar-refractivity contribution in [3.05, 3.63) is 67.6 Å². The molecule has 1 N–H and O–H groups in total. The molecule has 9 heteroatoms. The third kappa shape index (κ3) is 4.44. The van der Waals surface area contributed by atoms with Crippen molar-refractivity contribution < 1.29 is 9.59 Å². The van der Waals surface area contributed by atoms with Gasteiger partial charge in [0.2, 0.25) is 0 Å². The van der Waals surface area contributed by atoms with Gasteiger partial charge in [-0.2, -0.15) is 0 Å². The van der Waals surface area contributed by atoms with E-state index < -0.39 is 0 Å². The first-order valence-electron chi connectivity index (χ1n) is 9.16. The van der Waals surface area contributed by atoms with Gasteiger partial charge in [0.1, 0.15) is 10.7 Å². The van der Waals surface area contributed by atoms with E-state index in [9.17, 15) is 9.59 Å². The van der Waals surface area contributed by atoms with Crippen molar-refractivity contribution in [2.75, 3.05) is 31.1 Å². The molecule has 6 nitrogen and oxygen atoms in total. The van der Waals surface area contributed by atoms with E-state index in [0.717, 1.165) is 4.88 Å². The molecule has 2 amide bonds. The minimum atomic E-state index is -0.148. The van der Waals surface area contributed by atoms with Crippen LogP contribution in [0.1, 0.15) is 24.9 Å². The molecule has 1 aliphatic rings. The Hall–Kier alpha value is -2.42. The molecule has 4 heterocycles. The molecule has 4 rings (SSSR count). The van der Waals surface area contributed by atoms with Gasteiger partial charge in [-0.05, 0) is 35.0 Å². The molecule has 1 aliphatic heterocycles. The standard InChI is InChI=1S/C20H19ClN4O2S2/c21-16-5-12-29-17(16)20(27)25-9-7-24(8-10-25)18-15(4-1-6-22-18)19(26)23-13-14-3-2-11-28-14/h1-6,11-12H,7-10,13H2,(H,23,26). The van der Waals surface area contributed by atoms with Crippen LogP contribution < -0.4 is 10.2 Å². The topological polar surface area (TPSA) is 65.5 Å². The number of piperazine rings is 1. The predicted molar refractivity (Wildman–Crippen MR) is 117 cm³/mol. The van der Waals surface area contributed by atoms with Crippen LogP contribution in [0.25, 0.3) is 0 Å². The molecule has 0 bridgehead atoms. The van der Waals surface area contributed by atoms with E-state index in [1.807, 2.05) is 22.9 Å². The van der Waals surface area contributed by atoms with Crippen molar-refractivity contribution in [2.24, 2.45) is 0 Å². The predicted octanol–water partition coefficient (Wildman–Crippen LogP) is 3.75. The Morgan fingerprint density at radius 1 is 1.07 bits per heavy atom. The van der Waals surface area contributed by atoms with Gasteiger partial charge in [-0.1, -0.05) is 17.7 Å². The SMILES string of the molecule is O=C(NCc1cccs1)c1cccnc1N1CCN(C(=O)c2sccc2Cl)CC1. The zero-order valence-corrected chi connectivity index (χ0v) is 17.9. The molecule has 3 aromatic rings. The summed E-state index contributed by atoms with van der Waals surface area (Å²) in [6.07, 6.45) is 1.69. The number of hydrogen-bond donors (Lipinski definition) is 1. The summed E-state index contributed by atoms with van der Waals surface area (Å²) in [6, 6.07) is 9.25. The lowest BCUT2D eigenvalue weighted by Crippen LogP contribution is -2.49. The lowest BCUT2D eigenvalue weighted by Gasteiger charge is -2.35. The fraction of sp³-hybridized carbons (Fsp3) is 0.250. The normalized spacial score (nSPS) is 14.1. The van der Waals surface area contributed by atoms with E-state index >= 15 is 0 Å². The van der Waals surface area contributed by atoms with E-state index in [-0.39, 0.29) is 11.8 Å². The van der Waals surface area contributed by atoms with Crippen molar-refractivity contribution >= 4 is 51.9 Å². The molecule has 1 fully saturated rings. The number of aromatic nitrogens is 1. The maximum atomic E-state index is 12.7. The number of rotatable bonds is 5. The van der Waals surface area contributed by atoms with Gasteiger partial charge >= 0.3 is 0 Å². The van der Waals surface area contributed by atoms with Crippen molar-refractivity contribution in [2.45, 2.75) is 6.54 Å². The van der Waals surface area contributed by atoms with Gasteiger partial charge in [0.25, 0.3) is 11.8 Å². The summed E-state index contributed by atoms with van der Waals surface area (Å²) in [7, 11) is 0. The van der Waals surface area contributed by atoms with Crippen LogP contribution in [0.2, 0.25) is 5.02 Å². The summed E-state index contributed by atoms with van der Waals surface area (Å²) in [5, 5.41) is 7.26. The van der Waals surface area contributed by atoms with Crippen LogP contribution in [0.5, 0.6) is 0 Å². The Morgan fingerprint density at radius 2 is 1.90 bits per heavy atom. The van der Waals surface area contributed by atoms with E-state index in [2.05, 4.69) is 15.2 Å². The Labute approximate surface area is 181 Å². The molecule has 0 spiro atoms. The summed E-state index contributed by atoms with van der Waals surface area (Å²) in [5.74, 6) is 0.461. The van der Waals surface area contributed by atoms with Crippen LogP contribution in [0.3, 0.4) is 0 Å². The number of anilines is 1. The second kappa shape index (κ2) is 8.94. The van der Waals surface area contributed by atoms with Gasteiger partial charge in [0.15, 0.2) is 0 Å². The van der Waals surface area contributed by atoms with E-state index in [1.165, 1.54) is 11.3 Å². The maximum absolute atomic E-state index is 12.7. The van der Waals surface area contributed by atoms with Gasteiger partial charge in [-0.15, -0.1) is 22.7 Å². The average molecular weight is 447 g/mol. The first-order valence-corrected chi connectivity index (χ1v) is 11.3. The lowest BCUT2D eigenvalue weighted by molar-refractivity contribution is 0.0750. The Kier molecular flexibility index (Phi) is 6.13. The Morgan fingerprint density at radius 3 is 2.59 bits per heavy atom. The second-order valence-corrected chi connectivity index (χ2v) is 8.87. The highest BCUT2D eigenvalue weighted by molar-refractivity contribution is 7.12. The Balaban J connectivity index is 1.41. The van der Waals surface area contributed by atoms with Crippen molar-refractivity contribution in [1.29, 1.82) is 0 Å². The smallest absolute Gasteiger partial charge is 0.265 e. The first kappa shape index (κ1) is 19.9. The largest absolute Gasteiger partial charge is 0.352 e. The minimum absolute atomic E-state index is 0.0421. The summed E-state index contributed by atoms with van der Waals surface area (Å²) in [5.41, 5.74) is 0.546. The van der Waals surface area contributed by atoms with Crippen LogP contribution >= 0.6 is 34.3 Å². The second-order valence-electron chi connectivity index (χ2n) is 6.51. The molecular weight excluding hydrogens is 428 g/mol. The number of amides is 2. The monoisotopic (exact) mass is 446 g/mol. The number of thiophene rings is 2. The average Bonchev–Trinajstić information content (AvgIpc) is 3.43. The third-order valence-electron chi connectivity index (χ3n) is 4.71. The highest BCUT2D eigenvalue weighted by Crippen LogP contribution is 2.25. The van der Waals surface area contributed by atoms with Crippen molar-refractivity contribution in [3.63, 3.8) is 0 Å². The van der Waals surface area contributed by atoms with Gasteiger partial charge < -0.3 is 15.1 Å². The van der Waals surface area contributed by atoms with Gasteiger partial charge in [0.05, 0.1) is 17.1 Å². The molecule has 0 saturated carbocycles. The lowest BCUT2D eigenvalue weighted by atomic mass is 10.2. The molecular formula is C20H19ClN4O2S2. The van der Waals surface area contributed by atoms with Gasteiger partial charge in [-0.25, -0.2) is 4.98 Å². The highest BCUT2D eigenvalue weighted by Gasteiger charge is 2.27. The third-order valence-corrected chi connectivity index (χ3v) is 6.92. The zero-order valence-electron chi connectivity index (χ0n) is 15.5. The van der Waals surface area contributed by atoms with Crippen LogP contribution in [0.4, 0.5) is 5.82 Å². The van der Waals surface area contributed by atoms with Crippen LogP contribution in [-0.2, 0) is 6.54 Å². The fourth-order valence-corrected chi connectivity index (χ4v) is 4.96. The molecule has 29 heavy (non-hydrogen) atoms. The molecule has 150 valence electrons. The number of halogens is 1.